The van der Waals surface area contributed by atoms with Gasteiger partial charge in [0.05, 0.1) is 5.56 Å². The van der Waals surface area contributed by atoms with Crippen molar-refractivity contribution in [2.75, 3.05) is 25.0 Å². The fourth-order valence-corrected chi connectivity index (χ4v) is 3.35. The molecule has 0 saturated carbocycles. The summed E-state index contributed by atoms with van der Waals surface area (Å²) in [5, 5.41) is 2.70. The predicted octanol–water partition coefficient (Wildman–Crippen LogP) is 2.04. The summed E-state index contributed by atoms with van der Waals surface area (Å²) in [5.41, 5.74) is 3.62. The first-order valence-corrected chi connectivity index (χ1v) is 8.49. The van der Waals surface area contributed by atoms with E-state index in [2.05, 4.69) is 28.5 Å². The zero-order chi connectivity index (χ0) is 17.2. The van der Waals surface area contributed by atoms with Crippen molar-refractivity contribution < 1.29 is 14.3 Å². The van der Waals surface area contributed by atoms with Crippen LogP contribution in [0, 0.1) is 0 Å². The summed E-state index contributed by atoms with van der Waals surface area (Å²) in [4.78, 5) is 30.4. The summed E-state index contributed by atoms with van der Waals surface area (Å²) in [6, 6.07) is 10.1. The zero-order valence-electron chi connectivity index (χ0n) is 13.8. The van der Waals surface area contributed by atoms with E-state index in [1.54, 1.807) is 6.07 Å². The van der Waals surface area contributed by atoms with Crippen molar-refractivity contribution in [2.24, 2.45) is 0 Å². The largest absolute Gasteiger partial charge is 0.466 e. The van der Waals surface area contributed by atoms with Crippen molar-refractivity contribution in [3.05, 3.63) is 53.2 Å². The number of carbonyl (C=O) groups excluding carboxylic acids is 2. The first-order chi connectivity index (χ1) is 12.2. The van der Waals surface area contributed by atoms with E-state index in [-0.39, 0.29) is 18.4 Å². The molecule has 2 aromatic rings. The maximum atomic E-state index is 12.9. The molecule has 2 aliphatic heterocycles. The summed E-state index contributed by atoms with van der Waals surface area (Å²) < 4.78 is 5.24. The lowest BCUT2D eigenvalue weighted by Gasteiger charge is -2.26. The Balaban J connectivity index is 1.53. The zero-order valence-corrected chi connectivity index (χ0v) is 13.8. The molecule has 2 aliphatic rings. The lowest BCUT2D eigenvalue weighted by molar-refractivity contribution is -0.118. The minimum atomic E-state index is -0.234. The molecule has 6 nitrogen and oxygen atoms in total. The van der Waals surface area contributed by atoms with Gasteiger partial charge in [-0.15, -0.1) is 0 Å². The topological polar surface area (TPSA) is 71.5 Å². The van der Waals surface area contributed by atoms with Gasteiger partial charge in [0, 0.05) is 19.3 Å². The molecule has 1 aromatic heterocycles. The number of hydrogen-bond acceptors (Lipinski definition) is 4. The Hall–Kier alpha value is -2.89. The van der Waals surface area contributed by atoms with Crippen molar-refractivity contribution >= 4 is 17.5 Å². The van der Waals surface area contributed by atoms with Crippen molar-refractivity contribution in [1.82, 2.24) is 9.88 Å². The van der Waals surface area contributed by atoms with Gasteiger partial charge in [-0.25, -0.2) is 4.98 Å². The minimum Gasteiger partial charge on any atom is -0.466 e. The fraction of sp³-hybridized carbons (Fsp3) is 0.316. The van der Waals surface area contributed by atoms with Gasteiger partial charge in [-0.2, -0.15) is 0 Å². The molecular weight excluding hydrogens is 318 g/mol. The lowest BCUT2D eigenvalue weighted by Crippen LogP contribution is -2.35. The van der Waals surface area contributed by atoms with Crippen LogP contribution >= 0.6 is 0 Å². The minimum absolute atomic E-state index is 0.0428. The number of carbonyl (C=O) groups is 2. The predicted molar refractivity (Wildman–Crippen MR) is 92.7 cm³/mol. The summed E-state index contributed by atoms with van der Waals surface area (Å²) >= 11 is 0. The van der Waals surface area contributed by atoms with Crippen LogP contribution in [0.4, 0.5) is 5.69 Å². The van der Waals surface area contributed by atoms with E-state index < -0.39 is 0 Å². The molecule has 0 radical (unpaired) electrons. The van der Waals surface area contributed by atoms with Gasteiger partial charge < -0.3 is 15.0 Å². The second kappa shape index (κ2) is 6.55. The third kappa shape index (κ3) is 3.20. The first kappa shape index (κ1) is 15.6. The number of aromatic nitrogens is 1. The number of nitrogens with zero attached hydrogens (tertiary/aromatic N) is 2. The van der Waals surface area contributed by atoms with E-state index >= 15 is 0 Å². The van der Waals surface area contributed by atoms with Gasteiger partial charge in [0.2, 0.25) is 5.88 Å². The van der Waals surface area contributed by atoms with Crippen molar-refractivity contribution in [3.8, 4) is 5.88 Å². The number of aryl methyl sites for hydroxylation is 1. The number of ether oxygens (including phenoxy) is 1. The number of benzene rings is 1. The molecule has 3 heterocycles. The third-order valence-electron chi connectivity index (χ3n) is 4.64. The Labute approximate surface area is 145 Å². The quantitative estimate of drug-likeness (QED) is 0.864. The van der Waals surface area contributed by atoms with Gasteiger partial charge in [-0.05, 0) is 36.5 Å². The molecule has 0 unspecified atom stereocenters. The molecule has 25 heavy (non-hydrogen) atoms. The highest BCUT2D eigenvalue weighted by Gasteiger charge is 2.22. The average Bonchev–Trinajstić information content (AvgIpc) is 2.61. The van der Waals surface area contributed by atoms with Crippen LogP contribution in [0.15, 0.2) is 36.5 Å². The number of rotatable bonds is 1. The number of anilines is 1. The highest BCUT2D eigenvalue weighted by Crippen LogP contribution is 2.26. The van der Waals surface area contributed by atoms with E-state index in [0.717, 1.165) is 19.3 Å². The molecule has 0 fully saturated rings. The highest BCUT2D eigenvalue weighted by atomic mass is 16.5. The van der Waals surface area contributed by atoms with Gasteiger partial charge in [-0.1, -0.05) is 24.3 Å². The van der Waals surface area contributed by atoms with Crippen LogP contribution in [-0.2, 0) is 17.6 Å². The highest BCUT2D eigenvalue weighted by molar-refractivity contribution is 5.99. The Morgan fingerprint density at radius 1 is 1.16 bits per heavy atom. The van der Waals surface area contributed by atoms with Crippen molar-refractivity contribution in [3.63, 3.8) is 0 Å². The normalized spacial score (nSPS) is 16.6. The monoisotopic (exact) mass is 337 g/mol. The molecule has 6 heteroatoms. The fourth-order valence-electron chi connectivity index (χ4n) is 3.35. The van der Waals surface area contributed by atoms with Crippen LogP contribution in [-0.4, -0.2) is 41.4 Å². The number of pyridine rings is 1. The maximum absolute atomic E-state index is 12.9. The molecule has 0 bridgehead atoms. The van der Waals surface area contributed by atoms with Gasteiger partial charge in [0.15, 0.2) is 6.61 Å². The van der Waals surface area contributed by atoms with E-state index in [1.165, 1.54) is 17.3 Å². The van der Waals surface area contributed by atoms with E-state index in [4.69, 9.17) is 4.74 Å². The maximum Gasteiger partial charge on any atom is 0.262 e. The van der Waals surface area contributed by atoms with Crippen LogP contribution in [0.2, 0.25) is 0 Å². The summed E-state index contributed by atoms with van der Waals surface area (Å²) in [7, 11) is 0. The standard InChI is InChI=1S/C19H19N3O3/c23-17-12-25-18-16(21-17)10-15(11-20-18)19(24)22-8-3-6-13-4-1-2-5-14(13)7-9-22/h1-2,4-5,10-11H,3,6-9,12H2,(H,21,23). The second-order valence-electron chi connectivity index (χ2n) is 6.33. The molecule has 128 valence electrons. The van der Waals surface area contributed by atoms with E-state index in [9.17, 15) is 9.59 Å². The molecule has 0 atom stereocenters. The molecule has 4 rings (SSSR count). The first-order valence-electron chi connectivity index (χ1n) is 8.49. The lowest BCUT2D eigenvalue weighted by atomic mass is 9.98. The van der Waals surface area contributed by atoms with E-state index in [1.807, 2.05) is 11.0 Å². The number of fused-ring (bicyclic) bond motifs is 2. The van der Waals surface area contributed by atoms with E-state index in [0.29, 0.717) is 30.2 Å². The summed E-state index contributed by atoms with van der Waals surface area (Å²) in [5.74, 6) is 0.0639. The Morgan fingerprint density at radius 3 is 2.80 bits per heavy atom. The Kier molecular flexibility index (Phi) is 4.09. The molecular formula is C19H19N3O3. The molecule has 0 aliphatic carbocycles. The SMILES string of the molecule is O=C1COc2ncc(C(=O)N3CCCc4ccccc4CC3)cc2N1. The van der Waals surface area contributed by atoms with Crippen LogP contribution < -0.4 is 10.1 Å². The molecule has 0 saturated heterocycles. The van der Waals surface area contributed by atoms with Gasteiger partial charge >= 0.3 is 0 Å². The smallest absolute Gasteiger partial charge is 0.262 e. The van der Waals surface area contributed by atoms with Crippen LogP contribution in [0.25, 0.3) is 0 Å². The van der Waals surface area contributed by atoms with Crippen LogP contribution in [0.3, 0.4) is 0 Å². The number of amides is 2. The van der Waals surface area contributed by atoms with Gasteiger partial charge in [0.1, 0.15) is 5.69 Å². The number of hydrogen-bond donors (Lipinski definition) is 1. The third-order valence-corrected chi connectivity index (χ3v) is 4.64. The van der Waals surface area contributed by atoms with Gasteiger partial charge in [0.25, 0.3) is 11.8 Å². The average molecular weight is 337 g/mol. The summed E-state index contributed by atoms with van der Waals surface area (Å²) in [6.07, 6.45) is 4.28. The molecule has 2 amide bonds. The van der Waals surface area contributed by atoms with Gasteiger partial charge in [-0.3, -0.25) is 9.59 Å². The Morgan fingerprint density at radius 2 is 1.96 bits per heavy atom. The summed E-state index contributed by atoms with van der Waals surface area (Å²) in [6.45, 7) is 1.35. The molecule has 0 spiro atoms. The van der Waals surface area contributed by atoms with Crippen LogP contribution in [0.1, 0.15) is 27.9 Å². The molecule has 1 aromatic carbocycles. The van der Waals surface area contributed by atoms with Crippen molar-refractivity contribution in [1.29, 1.82) is 0 Å². The van der Waals surface area contributed by atoms with Crippen LogP contribution in [0.5, 0.6) is 5.88 Å². The second-order valence-corrected chi connectivity index (χ2v) is 6.33. The molecule has 1 N–H and O–H groups in total. The number of nitrogens with one attached hydrogen (secondary N) is 1. The Bertz CT molecular complexity index is 834. The van der Waals surface area contributed by atoms with Crippen molar-refractivity contribution in [2.45, 2.75) is 19.3 Å².